The molecule has 44 valence electrons. The van der Waals surface area contributed by atoms with Gasteiger partial charge in [0.25, 0.3) is 0 Å². The summed E-state index contributed by atoms with van der Waals surface area (Å²) >= 11 is 0. The maximum atomic E-state index is 5.32. The van der Waals surface area contributed by atoms with Crippen LogP contribution in [0.25, 0.3) is 0 Å². The van der Waals surface area contributed by atoms with Crippen LogP contribution in [-0.2, 0) is 0 Å². The van der Waals surface area contributed by atoms with E-state index in [-0.39, 0.29) is 0 Å². The lowest BCUT2D eigenvalue weighted by molar-refractivity contribution is 1.44. The fourth-order valence-electron chi connectivity index (χ4n) is 0.213. The smallest absolute Gasteiger partial charge is 0.0493 e. The maximum absolute atomic E-state index is 5.32. The van der Waals surface area contributed by atoms with Crippen molar-refractivity contribution in [1.29, 1.82) is 0 Å². The van der Waals surface area contributed by atoms with E-state index < -0.39 is 0 Å². The number of aliphatic imine (C=N–C) groups is 1. The highest BCUT2D eigenvalue weighted by atomic mass is 14.7. The van der Waals surface area contributed by atoms with Gasteiger partial charge in [0, 0.05) is 18.1 Å². The number of rotatable bonds is 2. The molecule has 2 N–H and O–H groups in total. The van der Waals surface area contributed by atoms with Crippen LogP contribution in [0.1, 0.15) is 6.92 Å². The lowest BCUT2D eigenvalue weighted by Gasteiger charge is -1.82. The van der Waals surface area contributed by atoms with E-state index in [9.17, 15) is 0 Å². The molecule has 0 aliphatic carbocycles. The molecule has 0 aromatic heterocycles. The van der Waals surface area contributed by atoms with Gasteiger partial charge in [0.15, 0.2) is 0 Å². The Bertz CT molecular complexity index is 122. The first-order valence-corrected chi connectivity index (χ1v) is 2.37. The van der Waals surface area contributed by atoms with Gasteiger partial charge < -0.3 is 5.73 Å². The average molecular weight is 110 g/mol. The second-order valence-electron chi connectivity index (χ2n) is 1.25. The third kappa shape index (κ3) is 3.15. The summed E-state index contributed by atoms with van der Waals surface area (Å²) in [5.41, 5.74) is 5.98. The molecule has 2 heteroatoms. The molecule has 0 fully saturated rings. The van der Waals surface area contributed by atoms with Gasteiger partial charge in [-0.05, 0) is 6.92 Å². The molecule has 0 saturated heterocycles. The molecule has 0 spiro atoms. The van der Waals surface area contributed by atoms with Gasteiger partial charge in [0.2, 0.25) is 0 Å². The summed E-state index contributed by atoms with van der Waals surface area (Å²) in [7, 11) is 0. The van der Waals surface area contributed by atoms with E-state index in [0.717, 1.165) is 0 Å². The monoisotopic (exact) mass is 110 g/mol. The number of nitrogens with two attached hydrogens (primary N) is 1. The summed E-state index contributed by atoms with van der Waals surface area (Å²) in [6.07, 6.45) is 4.76. The highest BCUT2D eigenvalue weighted by molar-refractivity contribution is 5.77. The first-order chi connectivity index (χ1) is 3.81. The molecule has 0 heterocycles. The standard InChI is InChI=1S/C6H10N2/c1-3-6(7)5-8-4-2/h3-5H,2,7H2,1H3/b6-3+,8-5-. The van der Waals surface area contributed by atoms with Gasteiger partial charge in [0.1, 0.15) is 0 Å². The minimum atomic E-state index is 0.657. The quantitative estimate of drug-likeness (QED) is 0.530. The largest absolute Gasteiger partial charge is 0.398 e. The van der Waals surface area contributed by atoms with Gasteiger partial charge in [-0.1, -0.05) is 12.7 Å². The lowest BCUT2D eigenvalue weighted by Crippen LogP contribution is -1.95. The summed E-state index contributed by atoms with van der Waals surface area (Å²) in [6.45, 7) is 5.24. The topological polar surface area (TPSA) is 38.4 Å². The van der Waals surface area contributed by atoms with Crippen molar-refractivity contribution >= 4 is 6.21 Å². The molecule has 0 unspecified atom stereocenters. The zero-order chi connectivity index (χ0) is 6.41. The highest BCUT2D eigenvalue weighted by Gasteiger charge is 1.72. The molecule has 0 saturated carbocycles. The predicted octanol–water partition coefficient (Wildman–Crippen LogP) is 1.06. The van der Waals surface area contributed by atoms with Crippen LogP contribution >= 0.6 is 0 Å². The maximum Gasteiger partial charge on any atom is 0.0493 e. The number of nitrogens with zero attached hydrogens (tertiary/aromatic N) is 1. The summed E-state index contributed by atoms with van der Waals surface area (Å²) in [4.78, 5) is 3.69. The van der Waals surface area contributed by atoms with Crippen LogP contribution in [0.5, 0.6) is 0 Å². The molecule has 0 radical (unpaired) electrons. The van der Waals surface area contributed by atoms with Gasteiger partial charge in [-0.25, -0.2) is 0 Å². The van der Waals surface area contributed by atoms with Gasteiger partial charge in [-0.2, -0.15) is 0 Å². The van der Waals surface area contributed by atoms with E-state index in [1.165, 1.54) is 6.20 Å². The van der Waals surface area contributed by atoms with Crippen molar-refractivity contribution in [2.45, 2.75) is 6.92 Å². The molecular weight excluding hydrogens is 100 g/mol. The van der Waals surface area contributed by atoms with Crippen molar-refractivity contribution in [3.8, 4) is 0 Å². The van der Waals surface area contributed by atoms with Crippen LogP contribution in [-0.4, -0.2) is 6.21 Å². The molecule has 0 aliphatic heterocycles. The number of allylic oxidation sites excluding steroid dienone is 2. The molecule has 0 rings (SSSR count). The van der Waals surface area contributed by atoms with Crippen LogP contribution in [0, 0.1) is 0 Å². The van der Waals surface area contributed by atoms with E-state index in [1.54, 1.807) is 12.3 Å². The van der Waals surface area contributed by atoms with Crippen LogP contribution < -0.4 is 5.73 Å². The Morgan fingerprint density at radius 2 is 2.38 bits per heavy atom. The van der Waals surface area contributed by atoms with E-state index in [2.05, 4.69) is 11.6 Å². The molecular formula is C6H10N2. The third-order valence-corrected chi connectivity index (χ3v) is 0.662. The van der Waals surface area contributed by atoms with Gasteiger partial charge in [-0.15, -0.1) is 0 Å². The molecule has 8 heavy (non-hydrogen) atoms. The molecule has 0 aliphatic rings. The lowest BCUT2D eigenvalue weighted by atomic mass is 10.5. The number of hydrogen-bond donors (Lipinski definition) is 1. The van der Waals surface area contributed by atoms with Crippen LogP contribution in [0.3, 0.4) is 0 Å². The Balaban J connectivity index is 3.69. The molecule has 0 amide bonds. The Labute approximate surface area is 49.4 Å². The minimum absolute atomic E-state index is 0.657. The van der Waals surface area contributed by atoms with Gasteiger partial charge in [-0.3, -0.25) is 4.99 Å². The fraction of sp³-hybridized carbons (Fsp3) is 0.167. The Morgan fingerprint density at radius 1 is 1.75 bits per heavy atom. The Kier molecular flexibility index (Phi) is 3.58. The number of hydrogen-bond acceptors (Lipinski definition) is 2. The molecule has 0 bridgehead atoms. The van der Waals surface area contributed by atoms with E-state index in [0.29, 0.717) is 5.70 Å². The predicted molar refractivity (Wildman–Crippen MR) is 36.6 cm³/mol. The highest BCUT2D eigenvalue weighted by Crippen LogP contribution is 1.75. The van der Waals surface area contributed by atoms with Crippen molar-refractivity contribution in [3.63, 3.8) is 0 Å². The van der Waals surface area contributed by atoms with Crippen LogP contribution in [0.4, 0.5) is 0 Å². The minimum Gasteiger partial charge on any atom is -0.398 e. The fourth-order valence-corrected chi connectivity index (χ4v) is 0.213. The van der Waals surface area contributed by atoms with Crippen molar-refractivity contribution in [3.05, 3.63) is 24.6 Å². The second-order valence-corrected chi connectivity index (χ2v) is 1.25. The summed E-state index contributed by atoms with van der Waals surface area (Å²) in [5.74, 6) is 0. The van der Waals surface area contributed by atoms with E-state index in [4.69, 9.17) is 5.73 Å². The molecule has 0 aromatic carbocycles. The van der Waals surface area contributed by atoms with Crippen molar-refractivity contribution in [1.82, 2.24) is 0 Å². The normalized spacial score (nSPS) is 12.4. The Hall–Kier alpha value is -1.05. The summed E-state index contributed by atoms with van der Waals surface area (Å²) in [6, 6.07) is 0. The summed E-state index contributed by atoms with van der Waals surface area (Å²) < 4.78 is 0. The van der Waals surface area contributed by atoms with Crippen molar-refractivity contribution in [2.75, 3.05) is 0 Å². The van der Waals surface area contributed by atoms with Gasteiger partial charge >= 0.3 is 0 Å². The Morgan fingerprint density at radius 3 is 2.75 bits per heavy atom. The SMILES string of the molecule is C=C/N=C\C(N)=C/C. The zero-order valence-corrected chi connectivity index (χ0v) is 4.96. The van der Waals surface area contributed by atoms with E-state index in [1.807, 2.05) is 6.92 Å². The van der Waals surface area contributed by atoms with Crippen LogP contribution in [0.15, 0.2) is 29.5 Å². The summed E-state index contributed by atoms with van der Waals surface area (Å²) in [5, 5.41) is 0. The van der Waals surface area contributed by atoms with Gasteiger partial charge in [0.05, 0.1) is 0 Å². The first-order valence-electron chi connectivity index (χ1n) is 2.37. The van der Waals surface area contributed by atoms with Crippen molar-refractivity contribution in [2.24, 2.45) is 10.7 Å². The first kappa shape index (κ1) is 6.95. The van der Waals surface area contributed by atoms with E-state index >= 15 is 0 Å². The zero-order valence-electron chi connectivity index (χ0n) is 4.96. The average Bonchev–Trinajstić information content (AvgIpc) is 1.83. The van der Waals surface area contributed by atoms with Crippen LogP contribution in [0.2, 0.25) is 0 Å². The van der Waals surface area contributed by atoms with Crippen molar-refractivity contribution < 1.29 is 0 Å². The molecule has 0 aromatic rings. The third-order valence-electron chi connectivity index (χ3n) is 0.662. The molecule has 2 nitrogen and oxygen atoms in total. The molecule has 0 atom stereocenters. The second kappa shape index (κ2) is 4.12.